The normalized spacial score (nSPS) is 17.1. The van der Waals surface area contributed by atoms with Gasteiger partial charge < -0.3 is 4.90 Å². The molecule has 1 atom stereocenters. The van der Waals surface area contributed by atoms with Gasteiger partial charge in [-0.2, -0.15) is 5.10 Å². The van der Waals surface area contributed by atoms with Gasteiger partial charge in [-0.15, -0.1) is 0 Å². The highest BCUT2D eigenvalue weighted by atomic mass is 35.5. The number of halogens is 1. The summed E-state index contributed by atoms with van der Waals surface area (Å²) in [7, 11) is 1.84. The number of carbonyl (C=O) groups is 1. The Morgan fingerprint density at radius 3 is 2.77 bits per heavy atom. The summed E-state index contributed by atoms with van der Waals surface area (Å²) in [5.41, 5.74) is 3.88. The van der Waals surface area contributed by atoms with Crippen LogP contribution in [0.15, 0.2) is 60.8 Å². The smallest absolute Gasteiger partial charge is 0.257 e. The van der Waals surface area contributed by atoms with Crippen molar-refractivity contribution in [2.24, 2.45) is 0 Å². The molecule has 156 valence electrons. The molecule has 5 nitrogen and oxygen atoms in total. The van der Waals surface area contributed by atoms with Crippen LogP contribution < -0.4 is 0 Å². The van der Waals surface area contributed by atoms with Crippen molar-refractivity contribution in [1.29, 1.82) is 0 Å². The minimum Gasteiger partial charge on any atom is -0.337 e. The molecule has 0 spiro atoms. The van der Waals surface area contributed by atoms with E-state index in [2.05, 4.69) is 21.2 Å². The highest BCUT2D eigenvalue weighted by Crippen LogP contribution is 2.30. The van der Waals surface area contributed by atoms with Gasteiger partial charge in [0.25, 0.3) is 5.91 Å². The zero-order valence-corrected chi connectivity index (χ0v) is 18.0. The predicted octanol–water partition coefficient (Wildman–Crippen LogP) is 4.71. The Morgan fingerprint density at radius 1 is 1.20 bits per heavy atom. The topological polar surface area (TPSA) is 52.2 Å². The monoisotopic (exact) mass is 422 g/mol. The summed E-state index contributed by atoms with van der Waals surface area (Å²) in [6.07, 6.45) is 3.80. The van der Waals surface area contributed by atoms with E-state index in [0.29, 0.717) is 12.1 Å². The molecule has 0 saturated carbocycles. The first-order valence-electron chi connectivity index (χ1n) is 10.4. The maximum absolute atomic E-state index is 13.1. The molecule has 3 aromatic rings. The third-order valence-electron chi connectivity index (χ3n) is 5.77. The van der Waals surface area contributed by atoms with Crippen LogP contribution in [0.3, 0.4) is 0 Å². The Bertz CT molecular complexity index is 988. The van der Waals surface area contributed by atoms with E-state index in [-0.39, 0.29) is 11.8 Å². The van der Waals surface area contributed by atoms with Gasteiger partial charge in [0.05, 0.1) is 17.5 Å². The van der Waals surface area contributed by atoms with Crippen molar-refractivity contribution >= 4 is 17.5 Å². The molecule has 30 heavy (non-hydrogen) atoms. The number of H-pyrrole nitrogens is 1. The van der Waals surface area contributed by atoms with E-state index in [1.54, 1.807) is 11.1 Å². The number of rotatable bonds is 6. The van der Waals surface area contributed by atoms with E-state index in [1.165, 1.54) is 0 Å². The lowest BCUT2D eigenvalue weighted by atomic mass is 9.92. The molecule has 0 unspecified atom stereocenters. The standard InChI is InChI=1S/C24H27ClN4O/c1-28(15-18-8-3-2-4-9-18)24(30)21-14-26-27-23(21)20-11-7-13-29(17-20)16-19-10-5-6-12-22(19)25/h2-6,8-10,12,14,20H,7,11,13,15-17H2,1H3,(H,26,27)/t20-/m0/s1. The molecule has 2 aromatic carbocycles. The fraction of sp³-hybridized carbons (Fsp3) is 0.333. The number of hydrogen-bond acceptors (Lipinski definition) is 3. The zero-order valence-electron chi connectivity index (χ0n) is 17.2. The van der Waals surface area contributed by atoms with Gasteiger partial charge in [0.2, 0.25) is 0 Å². The first-order valence-corrected chi connectivity index (χ1v) is 10.8. The van der Waals surface area contributed by atoms with Crippen LogP contribution in [0.4, 0.5) is 0 Å². The number of benzene rings is 2. The molecule has 1 aliphatic heterocycles. The molecule has 0 bridgehead atoms. The van der Waals surface area contributed by atoms with Gasteiger partial charge in [-0.3, -0.25) is 14.8 Å². The van der Waals surface area contributed by atoms with Crippen LogP contribution in [-0.4, -0.2) is 46.0 Å². The van der Waals surface area contributed by atoms with Crippen LogP contribution in [0, 0.1) is 0 Å². The molecule has 1 aliphatic rings. The van der Waals surface area contributed by atoms with Gasteiger partial charge in [0.1, 0.15) is 0 Å². The molecular weight excluding hydrogens is 396 g/mol. The predicted molar refractivity (Wildman–Crippen MR) is 120 cm³/mol. The minimum atomic E-state index is 0.00540. The molecule has 0 radical (unpaired) electrons. The third-order valence-corrected chi connectivity index (χ3v) is 6.14. The molecule has 6 heteroatoms. The Balaban J connectivity index is 1.45. The fourth-order valence-electron chi connectivity index (χ4n) is 4.21. The second-order valence-electron chi connectivity index (χ2n) is 8.01. The van der Waals surface area contributed by atoms with Crippen molar-refractivity contribution in [3.05, 3.63) is 88.2 Å². The van der Waals surface area contributed by atoms with E-state index in [9.17, 15) is 4.79 Å². The summed E-state index contributed by atoms with van der Waals surface area (Å²) < 4.78 is 0. The lowest BCUT2D eigenvalue weighted by Gasteiger charge is -2.33. The molecule has 0 aliphatic carbocycles. The van der Waals surface area contributed by atoms with Gasteiger partial charge in [-0.05, 0) is 36.6 Å². The van der Waals surface area contributed by atoms with E-state index in [0.717, 1.165) is 54.3 Å². The van der Waals surface area contributed by atoms with Gasteiger partial charge >= 0.3 is 0 Å². The molecule has 1 fully saturated rings. The first kappa shape index (κ1) is 20.6. The fourth-order valence-corrected chi connectivity index (χ4v) is 4.41. The first-order chi connectivity index (χ1) is 14.6. The van der Waals surface area contributed by atoms with Crippen molar-refractivity contribution in [3.8, 4) is 0 Å². The number of aromatic nitrogens is 2. The number of aromatic amines is 1. The minimum absolute atomic E-state index is 0.00540. The number of nitrogens with one attached hydrogen (secondary N) is 1. The zero-order chi connectivity index (χ0) is 20.9. The van der Waals surface area contributed by atoms with E-state index in [1.807, 2.05) is 55.6 Å². The maximum atomic E-state index is 13.1. The maximum Gasteiger partial charge on any atom is 0.257 e. The average molecular weight is 423 g/mol. The summed E-state index contributed by atoms with van der Waals surface area (Å²) in [4.78, 5) is 17.3. The Morgan fingerprint density at radius 2 is 1.97 bits per heavy atom. The number of piperidine rings is 1. The molecule has 2 heterocycles. The Labute approximate surface area is 182 Å². The number of carbonyl (C=O) groups excluding carboxylic acids is 1. The van der Waals surface area contributed by atoms with Crippen molar-refractivity contribution < 1.29 is 4.79 Å². The second kappa shape index (κ2) is 9.45. The van der Waals surface area contributed by atoms with Crippen molar-refractivity contribution in [3.63, 3.8) is 0 Å². The number of amides is 1. The second-order valence-corrected chi connectivity index (χ2v) is 8.42. The molecular formula is C24H27ClN4O. The summed E-state index contributed by atoms with van der Waals surface area (Å²) in [6.45, 7) is 3.32. The highest BCUT2D eigenvalue weighted by Gasteiger charge is 2.28. The SMILES string of the molecule is CN(Cc1ccccc1)C(=O)c1cn[nH]c1[C@H]1CCCN(Cc2ccccc2Cl)C1. The molecule has 1 aromatic heterocycles. The van der Waals surface area contributed by atoms with Crippen LogP contribution in [0.2, 0.25) is 5.02 Å². The lowest BCUT2D eigenvalue weighted by Crippen LogP contribution is -2.35. The Hall–Kier alpha value is -2.63. The lowest BCUT2D eigenvalue weighted by molar-refractivity contribution is 0.0782. The molecule has 1 N–H and O–H groups in total. The van der Waals surface area contributed by atoms with Crippen LogP contribution >= 0.6 is 11.6 Å². The largest absolute Gasteiger partial charge is 0.337 e. The third kappa shape index (κ3) is 4.74. The van der Waals surface area contributed by atoms with Crippen molar-refractivity contribution in [1.82, 2.24) is 20.0 Å². The van der Waals surface area contributed by atoms with E-state index >= 15 is 0 Å². The van der Waals surface area contributed by atoms with Gasteiger partial charge in [0.15, 0.2) is 0 Å². The van der Waals surface area contributed by atoms with Crippen LogP contribution in [-0.2, 0) is 13.1 Å². The molecule has 1 amide bonds. The highest BCUT2D eigenvalue weighted by molar-refractivity contribution is 6.31. The van der Waals surface area contributed by atoms with Crippen molar-refractivity contribution in [2.75, 3.05) is 20.1 Å². The number of nitrogens with zero attached hydrogens (tertiary/aromatic N) is 3. The number of hydrogen-bond donors (Lipinski definition) is 1. The van der Waals surface area contributed by atoms with Crippen LogP contribution in [0.5, 0.6) is 0 Å². The van der Waals surface area contributed by atoms with E-state index in [4.69, 9.17) is 11.6 Å². The number of likely N-dealkylation sites (tertiary alicyclic amines) is 1. The Kier molecular flexibility index (Phi) is 6.50. The van der Waals surface area contributed by atoms with Gasteiger partial charge in [-0.25, -0.2) is 0 Å². The van der Waals surface area contributed by atoms with Crippen molar-refractivity contribution in [2.45, 2.75) is 31.8 Å². The summed E-state index contributed by atoms with van der Waals surface area (Å²) in [6, 6.07) is 18.0. The van der Waals surface area contributed by atoms with E-state index < -0.39 is 0 Å². The summed E-state index contributed by atoms with van der Waals surface area (Å²) >= 11 is 6.35. The molecule has 1 saturated heterocycles. The van der Waals surface area contributed by atoms with Gasteiger partial charge in [-0.1, -0.05) is 60.1 Å². The average Bonchev–Trinajstić information content (AvgIpc) is 3.26. The quantitative estimate of drug-likeness (QED) is 0.625. The van der Waals surface area contributed by atoms with Crippen LogP contribution in [0.1, 0.15) is 45.9 Å². The summed E-state index contributed by atoms with van der Waals surface area (Å²) in [5, 5.41) is 8.14. The van der Waals surface area contributed by atoms with Crippen LogP contribution in [0.25, 0.3) is 0 Å². The molecule has 4 rings (SSSR count). The summed E-state index contributed by atoms with van der Waals surface area (Å²) in [5.74, 6) is 0.263. The van der Waals surface area contributed by atoms with Gasteiger partial charge in [0, 0.05) is 37.6 Å².